The molecule has 0 aliphatic heterocycles. The normalized spacial score (nSPS) is 10.4. The summed E-state index contributed by atoms with van der Waals surface area (Å²) in [5.74, 6) is -1.22. The van der Waals surface area contributed by atoms with E-state index in [0.717, 1.165) is 0 Å². The predicted molar refractivity (Wildman–Crippen MR) is 58.9 cm³/mol. The summed E-state index contributed by atoms with van der Waals surface area (Å²) in [5.41, 5.74) is 0.619. The summed E-state index contributed by atoms with van der Waals surface area (Å²) in [7, 11) is 1.56. The van der Waals surface area contributed by atoms with Gasteiger partial charge in [0.2, 0.25) is 0 Å². The average Bonchev–Trinajstić information content (AvgIpc) is 2.64. The van der Waals surface area contributed by atoms with Crippen molar-refractivity contribution in [2.24, 2.45) is 7.05 Å². The van der Waals surface area contributed by atoms with Gasteiger partial charge in [0, 0.05) is 12.6 Å². The third kappa shape index (κ3) is 1.92. The highest BCUT2D eigenvalue weighted by Gasteiger charge is 2.15. The Labute approximate surface area is 96.4 Å². The van der Waals surface area contributed by atoms with Crippen molar-refractivity contribution in [3.05, 3.63) is 30.0 Å². The number of carboxylic acid groups (broad SMARTS) is 1. The summed E-state index contributed by atoms with van der Waals surface area (Å²) in [6, 6.07) is 5.35. The van der Waals surface area contributed by atoms with E-state index in [4.69, 9.17) is 5.11 Å². The Bertz CT molecular complexity index is 589. The number of aromatic hydroxyl groups is 2. The average molecular weight is 234 g/mol. The molecule has 1 aromatic carbocycles. The molecule has 3 N–H and O–H groups in total. The molecule has 0 fully saturated rings. The molecule has 0 spiro atoms. The zero-order chi connectivity index (χ0) is 12.6. The van der Waals surface area contributed by atoms with Gasteiger partial charge < -0.3 is 15.3 Å². The highest BCUT2D eigenvalue weighted by molar-refractivity contribution is 5.87. The molecule has 2 rings (SSSR count). The number of carbonyl (C=O) groups is 1. The monoisotopic (exact) mass is 234 g/mol. The molecule has 1 aromatic heterocycles. The van der Waals surface area contributed by atoms with Crippen molar-refractivity contribution in [1.29, 1.82) is 0 Å². The minimum atomic E-state index is -1.15. The van der Waals surface area contributed by atoms with Crippen LogP contribution in [-0.2, 0) is 7.05 Å². The lowest BCUT2D eigenvalue weighted by Gasteiger charge is -2.04. The molecule has 0 amide bonds. The first kappa shape index (κ1) is 11.0. The molecule has 2 aromatic rings. The fraction of sp³-hybridized carbons (Fsp3) is 0.0909. The molecule has 0 radical (unpaired) electrons. The van der Waals surface area contributed by atoms with E-state index in [0.29, 0.717) is 11.3 Å². The zero-order valence-electron chi connectivity index (χ0n) is 8.95. The third-order valence-electron chi connectivity index (χ3n) is 2.36. The lowest BCUT2D eigenvalue weighted by Crippen LogP contribution is -1.99. The number of aryl methyl sites for hydroxylation is 1. The highest BCUT2D eigenvalue weighted by atomic mass is 16.4. The standard InChI is InChI=1S/C11H10N2O4/c1-13-9(5-8(12-13)11(16)17)7-4-6(14)2-3-10(7)15/h2-5,14-15H,1H3,(H,16,17). The summed E-state index contributed by atoms with van der Waals surface area (Å²) in [6.07, 6.45) is 0. The van der Waals surface area contributed by atoms with E-state index in [1.54, 1.807) is 7.05 Å². The van der Waals surface area contributed by atoms with Crippen LogP contribution in [0.5, 0.6) is 11.5 Å². The fourth-order valence-electron chi connectivity index (χ4n) is 1.55. The molecular weight excluding hydrogens is 224 g/mol. The van der Waals surface area contributed by atoms with Crippen LogP contribution < -0.4 is 0 Å². The molecule has 17 heavy (non-hydrogen) atoms. The molecule has 0 bridgehead atoms. The van der Waals surface area contributed by atoms with Crippen molar-refractivity contribution in [1.82, 2.24) is 9.78 Å². The number of phenols is 2. The second kappa shape index (κ2) is 3.82. The Morgan fingerprint density at radius 3 is 2.59 bits per heavy atom. The molecule has 1 heterocycles. The van der Waals surface area contributed by atoms with E-state index in [1.165, 1.54) is 28.9 Å². The van der Waals surface area contributed by atoms with Gasteiger partial charge in [-0.2, -0.15) is 5.10 Å². The zero-order valence-corrected chi connectivity index (χ0v) is 8.95. The summed E-state index contributed by atoms with van der Waals surface area (Å²) in [4.78, 5) is 10.8. The van der Waals surface area contributed by atoms with E-state index in [9.17, 15) is 15.0 Å². The van der Waals surface area contributed by atoms with Gasteiger partial charge >= 0.3 is 5.97 Å². The SMILES string of the molecule is Cn1nc(C(=O)O)cc1-c1cc(O)ccc1O. The lowest BCUT2D eigenvalue weighted by molar-refractivity contribution is 0.0689. The van der Waals surface area contributed by atoms with E-state index in [1.807, 2.05) is 0 Å². The minimum Gasteiger partial charge on any atom is -0.508 e. The number of rotatable bonds is 2. The van der Waals surface area contributed by atoms with E-state index >= 15 is 0 Å². The van der Waals surface area contributed by atoms with Gasteiger partial charge in [0.25, 0.3) is 0 Å². The van der Waals surface area contributed by atoms with Gasteiger partial charge in [-0.3, -0.25) is 4.68 Å². The van der Waals surface area contributed by atoms with Gasteiger partial charge in [0.05, 0.1) is 5.69 Å². The number of aromatic carboxylic acids is 1. The maximum absolute atomic E-state index is 10.8. The molecule has 0 saturated heterocycles. The van der Waals surface area contributed by atoms with Crippen molar-refractivity contribution in [3.8, 4) is 22.8 Å². The molecule has 0 unspecified atom stereocenters. The third-order valence-corrected chi connectivity index (χ3v) is 2.36. The number of phenolic OH excluding ortho intramolecular Hbond substituents is 2. The molecule has 0 atom stereocenters. The molecule has 88 valence electrons. The van der Waals surface area contributed by atoms with Crippen molar-refractivity contribution in [3.63, 3.8) is 0 Å². The van der Waals surface area contributed by atoms with Gasteiger partial charge in [-0.1, -0.05) is 0 Å². The first-order valence-corrected chi connectivity index (χ1v) is 4.78. The van der Waals surface area contributed by atoms with Crippen LogP contribution in [0.1, 0.15) is 10.5 Å². The van der Waals surface area contributed by atoms with Crippen molar-refractivity contribution >= 4 is 5.97 Å². The first-order valence-electron chi connectivity index (χ1n) is 4.78. The fourth-order valence-corrected chi connectivity index (χ4v) is 1.55. The summed E-state index contributed by atoms with van der Waals surface area (Å²) < 4.78 is 1.33. The van der Waals surface area contributed by atoms with Crippen LogP contribution in [0.15, 0.2) is 24.3 Å². The topological polar surface area (TPSA) is 95.6 Å². The Morgan fingerprint density at radius 1 is 1.29 bits per heavy atom. The molecular formula is C11H10N2O4. The molecule has 0 aliphatic rings. The van der Waals surface area contributed by atoms with Crippen LogP contribution in [0.25, 0.3) is 11.3 Å². The second-order valence-corrected chi connectivity index (χ2v) is 3.55. The van der Waals surface area contributed by atoms with E-state index in [2.05, 4.69) is 5.10 Å². The van der Waals surface area contributed by atoms with Gasteiger partial charge in [0.1, 0.15) is 11.5 Å². The molecule has 0 aliphatic carbocycles. The van der Waals surface area contributed by atoms with Gasteiger partial charge in [-0.05, 0) is 24.3 Å². The maximum atomic E-state index is 10.8. The number of carboxylic acids is 1. The molecule has 6 nitrogen and oxygen atoms in total. The number of hydrogen-bond donors (Lipinski definition) is 3. The number of nitrogens with zero attached hydrogens (tertiary/aromatic N) is 2. The Balaban J connectivity index is 2.60. The van der Waals surface area contributed by atoms with Gasteiger partial charge in [-0.25, -0.2) is 4.79 Å². The lowest BCUT2D eigenvalue weighted by atomic mass is 10.1. The van der Waals surface area contributed by atoms with Crippen molar-refractivity contribution < 1.29 is 20.1 Å². The van der Waals surface area contributed by atoms with Crippen LogP contribution in [0.3, 0.4) is 0 Å². The Kier molecular flexibility index (Phi) is 2.47. The van der Waals surface area contributed by atoms with Crippen molar-refractivity contribution in [2.45, 2.75) is 0 Å². The van der Waals surface area contributed by atoms with E-state index in [-0.39, 0.29) is 17.2 Å². The minimum absolute atomic E-state index is 0.0177. The quantitative estimate of drug-likeness (QED) is 0.678. The molecule has 6 heteroatoms. The maximum Gasteiger partial charge on any atom is 0.356 e. The highest BCUT2D eigenvalue weighted by Crippen LogP contribution is 2.32. The van der Waals surface area contributed by atoms with Crippen LogP contribution in [0.4, 0.5) is 0 Å². The summed E-state index contributed by atoms with van der Waals surface area (Å²) in [5, 5.41) is 31.6. The number of hydrogen-bond acceptors (Lipinski definition) is 4. The summed E-state index contributed by atoms with van der Waals surface area (Å²) >= 11 is 0. The van der Waals surface area contributed by atoms with Gasteiger partial charge in [-0.15, -0.1) is 0 Å². The Morgan fingerprint density at radius 2 is 2.00 bits per heavy atom. The van der Waals surface area contributed by atoms with Gasteiger partial charge in [0.15, 0.2) is 5.69 Å². The number of aromatic nitrogens is 2. The molecule has 0 saturated carbocycles. The Hall–Kier alpha value is -2.50. The number of benzene rings is 1. The van der Waals surface area contributed by atoms with Crippen molar-refractivity contribution in [2.75, 3.05) is 0 Å². The first-order chi connectivity index (χ1) is 7.99. The second-order valence-electron chi connectivity index (χ2n) is 3.55. The van der Waals surface area contributed by atoms with Crippen LogP contribution in [0.2, 0.25) is 0 Å². The smallest absolute Gasteiger partial charge is 0.356 e. The van der Waals surface area contributed by atoms with Crippen LogP contribution >= 0.6 is 0 Å². The predicted octanol–water partition coefficient (Wildman–Crippen LogP) is 1.20. The van der Waals surface area contributed by atoms with Crippen LogP contribution in [0, 0.1) is 0 Å². The summed E-state index contributed by atoms with van der Waals surface area (Å²) in [6.45, 7) is 0. The van der Waals surface area contributed by atoms with Crippen LogP contribution in [-0.4, -0.2) is 31.1 Å². The largest absolute Gasteiger partial charge is 0.508 e. The van der Waals surface area contributed by atoms with E-state index < -0.39 is 5.97 Å².